The van der Waals surface area contributed by atoms with Crippen LogP contribution in [-0.4, -0.2) is 42.2 Å². The molecular formula is C21H26N4O3S. The zero-order chi connectivity index (χ0) is 20.3. The molecule has 0 atom stereocenters. The van der Waals surface area contributed by atoms with Crippen molar-refractivity contribution in [2.75, 3.05) is 32.2 Å². The highest BCUT2D eigenvalue weighted by atomic mass is 32.2. The van der Waals surface area contributed by atoms with E-state index in [1.165, 1.54) is 18.4 Å². The number of nitrogens with one attached hydrogen (secondary N) is 1. The predicted octanol–water partition coefficient (Wildman–Crippen LogP) is 4.34. The molecule has 3 aromatic rings. The summed E-state index contributed by atoms with van der Waals surface area (Å²) < 4.78 is 20.9. The average Bonchev–Trinajstić information content (AvgIpc) is 3.49. The van der Waals surface area contributed by atoms with Crippen LogP contribution in [0.1, 0.15) is 18.4 Å². The Labute approximate surface area is 175 Å². The Bertz CT molecular complexity index is 840. The highest BCUT2D eigenvalue weighted by Crippen LogP contribution is 2.34. The first-order valence-electron chi connectivity index (χ1n) is 9.44. The van der Waals surface area contributed by atoms with Gasteiger partial charge in [0.15, 0.2) is 0 Å². The molecule has 0 bridgehead atoms. The molecule has 154 valence electrons. The molecule has 1 aliphatic heterocycles. The van der Waals surface area contributed by atoms with Crippen molar-refractivity contribution < 1.29 is 14.2 Å². The molecule has 1 fully saturated rings. The molecule has 4 rings (SSSR count). The summed E-state index contributed by atoms with van der Waals surface area (Å²) in [6, 6.07) is 15.9. The minimum absolute atomic E-state index is 0.610. The molecule has 1 aromatic heterocycles. The molecule has 0 saturated carbocycles. The van der Waals surface area contributed by atoms with Gasteiger partial charge in [-0.25, -0.2) is 0 Å². The van der Waals surface area contributed by atoms with Crippen LogP contribution in [0.2, 0.25) is 0 Å². The van der Waals surface area contributed by atoms with Crippen molar-refractivity contribution in [1.82, 2.24) is 14.8 Å². The van der Waals surface area contributed by atoms with Crippen LogP contribution in [0.4, 0.5) is 5.95 Å². The molecular weight excluding hydrogens is 388 g/mol. The van der Waals surface area contributed by atoms with E-state index in [1.54, 1.807) is 32.5 Å². The van der Waals surface area contributed by atoms with Gasteiger partial charge in [-0.05, 0) is 42.5 Å². The van der Waals surface area contributed by atoms with Crippen LogP contribution in [-0.2, 0) is 10.5 Å². The maximum Gasteiger partial charge on any atom is 0.239 e. The highest BCUT2D eigenvalue weighted by Gasteiger charge is 2.16. The van der Waals surface area contributed by atoms with Crippen LogP contribution in [0.3, 0.4) is 0 Å². The molecule has 0 radical (unpaired) electrons. The first kappa shape index (κ1) is 21.0. The Morgan fingerprint density at radius 1 is 1.00 bits per heavy atom. The van der Waals surface area contributed by atoms with Crippen LogP contribution in [0.5, 0.6) is 11.5 Å². The van der Waals surface area contributed by atoms with Crippen LogP contribution in [0.15, 0.2) is 54.9 Å². The largest absolute Gasteiger partial charge is 0.494 e. The Balaban J connectivity index is 0.000000419. The number of rotatable bonds is 7. The summed E-state index contributed by atoms with van der Waals surface area (Å²) >= 11 is 1.54. The lowest BCUT2D eigenvalue weighted by molar-refractivity contribution is 0.198. The van der Waals surface area contributed by atoms with Crippen LogP contribution >= 0.6 is 11.9 Å². The fraction of sp³-hybridized carbons (Fsp3) is 0.333. The minimum atomic E-state index is 0.610. The average molecular weight is 415 g/mol. The predicted molar refractivity (Wildman–Crippen MR) is 116 cm³/mol. The van der Waals surface area contributed by atoms with E-state index in [1.807, 2.05) is 41.0 Å². The van der Waals surface area contributed by atoms with Gasteiger partial charge in [0.25, 0.3) is 0 Å². The van der Waals surface area contributed by atoms with Crippen LogP contribution in [0, 0.1) is 0 Å². The maximum atomic E-state index is 5.45. The third-order valence-electron chi connectivity index (χ3n) is 4.26. The fourth-order valence-corrected chi connectivity index (χ4v) is 3.51. The summed E-state index contributed by atoms with van der Waals surface area (Å²) in [5.41, 5.74) is 1.99. The number of hydrogen-bond acceptors (Lipinski definition) is 7. The summed E-state index contributed by atoms with van der Waals surface area (Å²) in [6.07, 6.45) is 4.19. The van der Waals surface area contributed by atoms with Gasteiger partial charge in [-0.2, -0.15) is 0 Å². The van der Waals surface area contributed by atoms with Gasteiger partial charge >= 0.3 is 0 Å². The summed E-state index contributed by atoms with van der Waals surface area (Å²) in [6.45, 7) is 2.00. The van der Waals surface area contributed by atoms with Gasteiger partial charge in [-0.3, -0.25) is 9.29 Å². The van der Waals surface area contributed by atoms with Crippen molar-refractivity contribution in [3.8, 4) is 17.2 Å². The fourth-order valence-electron chi connectivity index (χ4n) is 2.81. The molecule has 29 heavy (non-hydrogen) atoms. The Kier molecular flexibility index (Phi) is 8.21. The molecule has 2 aromatic carbocycles. The van der Waals surface area contributed by atoms with Crippen LogP contribution in [0.25, 0.3) is 5.69 Å². The van der Waals surface area contributed by atoms with E-state index in [-0.39, 0.29) is 0 Å². The first-order chi connectivity index (χ1) is 14.3. The Hall–Kier alpha value is -2.71. The number of para-hydroxylation sites is 1. The molecule has 0 amide bonds. The number of aromatic nitrogens is 3. The zero-order valence-electron chi connectivity index (χ0n) is 16.7. The lowest BCUT2D eigenvalue weighted by Gasteiger charge is -2.15. The van der Waals surface area contributed by atoms with E-state index in [4.69, 9.17) is 14.2 Å². The van der Waals surface area contributed by atoms with E-state index >= 15 is 0 Å². The third kappa shape index (κ3) is 5.88. The Morgan fingerprint density at radius 2 is 1.69 bits per heavy atom. The van der Waals surface area contributed by atoms with Crippen molar-refractivity contribution in [3.05, 3.63) is 60.4 Å². The summed E-state index contributed by atoms with van der Waals surface area (Å²) in [4.78, 5) is 0. The number of ether oxygens (including phenoxy) is 3. The minimum Gasteiger partial charge on any atom is -0.494 e. The van der Waals surface area contributed by atoms with Gasteiger partial charge in [-0.15, -0.1) is 10.2 Å². The van der Waals surface area contributed by atoms with Gasteiger partial charge in [0.1, 0.15) is 23.5 Å². The lowest BCUT2D eigenvalue weighted by atomic mass is 10.2. The molecule has 0 unspecified atom stereocenters. The molecule has 0 spiro atoms. The molecule has 8 heteroatoms. The molecule has 1 aliphatic rings. The van der Waals surface area contributed by atoms with Gasteiger partial charge in [0, 0.05) is 19.0 Å². The van der Waals surface area contributed by atoms with Crippen molar-refractivity contribution in [2.24, 2.45) is 0 Å². The van der Waals surface area contributed by atoms with E-state index in [2.05, 4.69) is 27.1 Å². The maximum absolute atomic E-state index is 5.45. The standard InChI is InChI=1S/C17H18N4O2S.C4H8O/c1-22-14-9-6-10-15(23-2)16(14)21-12-18-19-17(21)20-24-11-13-7-4-3-5-8-13;1-2-4-5-3-1/h3-10,12H,11H2,1-2H3,(H,19,20);1-4H2. The molecule has 0 aliphatic carbocycles. The third-order valence-corrected chi connectivity index (χ3v) is 5.07. The second-order valence-corrected chi connectivity index (χ2v) is 7.01. The zero-order valence-corrected chi connectivity index (χ0v) is 17.5. The molecule has 1 N–H and O–H groups in total. The number of benzene rings is 2. The summed E-state index contributed by atoms with van der Waals surface area (Å²) in [7, 11) is 3.25. The monoisotopic (exact) mass is 414 g/mol. The van der Waals surface area contributed by atoms with Gasteiger partial charge < -0.3 is 14.2 Å². The number of nitrogens with zero attached hydrogens (tertiary/aromatic N) is 3. The van der Waals surface area contributed by atoms with E-state index in [9.17, 15) is 0 Å². The first-order valence-corrected chi connectivity index (χ1v) is 10.4. The second-order valence-electron chi connectivity index (χ2n) is 6.23. The van der Waals surface area contributed by atoms with Crippen molar-refractivity contribution in [1.29, 1.82) is 0 Å². The number of methoxy groups -OCH3 is 2. The smallest absolute Gasteiger partial charge is 0.239 e. The molecule has 2 heterocycles. The Morgan fingerprint density at radius 3 is 2.28 bits per heavy atom. The highest BCUT2D eigenvalue weighted by molar-refractivity contribution is 7.99. The lowest BCUT2D eigenvalue weighted by Crippen LogP contribution is -2.04. The quantitative estimate of drug-likeness (QED) is 0.577. The SMILES string of the molecule is C1CCOC1.COc1cccc(OC)c1-n1cnnc1NSCc1ccccc1. The van der Waals surface area contributed by atoms with E-state index in [0.29, 0.717) is 17.4 Å². The number of anilines is 1. The van der Waals surface area contributed by atoms with Crippen LogP contribution < -0.4 is 14.2 Å². The summed E-state index contributed by atoms with van der Waals surface area (Å²) in [5.74, 6) is 2.80. The van der Waals surface area contributed by atoms with Gasteiger partial charge in [-0.1, -0.05) is 36.4 Å². The topological polar surface area (TPSA) is 70.4 Å². The summed E-state index contributed by atoms with van der Waals surface area (Å²) in [5, 5.41) is 8.15. The van der Waals surface area contributed by atoms with E-state index < -0.39 is 0 Å². The van der Waals surface area contributed by atoms with Gasteiger partial charge in [0.05, 0.1) is 14.2 Å². The number of hydrogen-bond donors (Lipinski definition) is 1. The van der Waals surface area contributed by atoms with Gasteiger partial charge in [0.2, 0.25) is 5.95 Å². The normalized spacial score (nSPS) is 12.8. The van der Waals surface area contributed by atoms with Crippen molar-refractivity contribution >= 4 is 17.9 Å². The second kappa shape index (κ2) is 11.3. The molecule has 7 nitrogen and oxygen atoms in total. The van der Waals surface area contributed by atoms with Crippen molar-refractivity contribution in [3.63, 3.8) is 0 Å². The van der Waals surface area contributed by atoms with Crippen molar-refractivity contribution in [2.45, 2.75) is 18.6 Å². The van der Waals surface area contributed by atoms with E-state index in [0.717, 1.165) is 24.7 Å². The molecule has 1 saturated heterocycles.